The summed E-state index contributed by atoms with van der Waals surface area (Å²) in [5.74, 6) is 0. The van der Waals surface area contributed by atoms with Gasteiger partial charge in [0.2, 0.25) is 0 Å². The minimum atomic E-state index is -0.286. The van der Waals surface area contributed by atoms with Gasteiger partial charge in [-0.15, -0.1) is 0 Å². The van der Waals surface area contributed by atoms with Gasteiger partial charge >= 0.3 is 6.85 Å². The Morgan fingerprint density at radius 2 is 1.05 bits per heavy atom. The van der Waals surface area contributed by atoms with Crippen LogP contribution in [0.2, 0.25) is 0 Å². The standard InChI is InChI=1S/C59H56BN3/c1-56(2,3)35-25-28-39(29-26-35)62-49-33-37(58(7,8)9)32-45-50-53-42(40-21-15-17-23-47(40)61(53)38-19-13-12-14-20-38)34-43-41-22-16-18-24-48(41)63(54(43)50)60(51(45)49)52-44-31-36(57(4,5)6)27-30-46(44)59(10,11)55(52)62/h12-34H,1-11H3. The van der Waals surface area contributed by atoms with Gasteiger partial charge in [0.25, 0.3) is 0 Å². The molecular weight excluding hydrogens is 761 g/mol. The largest absolute Gasteiger partial charge is 0.375 e. The molecule has 0 unspecified atom stereocenters. The Bertz CT molecular complexity index is 3460. The van der Waals surface area contributed by atoms with Crippen LogP contribution in [0.15, 0.2) is 145 Å². The van der Waals surface area contributed by atoms with E-state index in [0.717, 1.165) is 0 Å². The molecule has 3 nitrogen and oxygen atoms in total. The highest BCUT2D eigenvalue weighted by molar-refractivity contribution is 6.93. The van der Waals surface area contributed by atoms with Crippen molar-refractivity contribution in [2.45, 2.75) is 97.8 Å². The maximum atomic E-state index is 2.78. The molecule has 0 amide bonds. The molecule has 2 aliphatic heterocycles. The van der Waals surface area contributed by atoms with E-state index in [2.05, 4.69) is 230 Å². The van der Waals surface area contributed by atoms with Gasteiger partial charge in [-0.25, -0.2) is 0 Å². The van der Waals surface area contributed by atoms with E-state index in [1.54, 1.807) is 0 Å². The maximum absolute atomic E-state index is 2.78. The maximum Gasteiger partial charge on any atom is 0.333 e. The van der Waals surface area contributed by atoms with E-state index < -0.39 is 0 Å². The lowest BCUT2D eigenvalue weighted by atomic mass is 9.43. The van der Waals surface area contributed by atoms with Crippen LogP contribution < -0.4 is 10.4 Å². The molecule has 4 heteroatoms. The molecule has 0 saturated carbocycles. The first-order chi connectivity index (χ1) is 29.9. The van der Waals surface area contributed by atoms with Crippen molar-refractivity contribution >= 4 is 72.8 Å². The van der Waals surface area contributed by atoms with Gasteiger partial charge in [-0.1, -0.05) is 167 Å². The van der Waals surface area contributed by atoms with Gasteiger partial charge in [-0.3, -0.25) is 0 Å². The van der Waals surface area contributed by atoms with E-state index >= 15 is 0 Å². The second-order valence-corrected chi connectivity index (χ2v) is 22.3. The average Bonchev–Trinajstić information content (AvgIpc) is 3.84. The Morgan fingerprint density at radius 1 is 0.476 bits per heavy atom. The summed E-state index contributed by atoms with van der Waals surface area (Å²) in [5.41, 5.74) is 22.1. The Morgan fingerprint density at radius 3 is 1.71 bits per heavy atom. The number of allylic oxidation sites excluding steroid dienone is 1. The molecule has 2 aromatic heterocycles. The SMILES string of the molecule is CC(C)(C)c1ccc(N2C3=C(B4c5c(cc(C(C)(C)C)cc52)-c2c5c(cc6c7ccccc7n(-c7ccccc7)c26)c2ccccc2n54)c2cc(C(C)(C)C)ccc2C3(C)C)cc1. The van der Waals surface area contributed by atoms with Crippen molar-refractivity contribution in [3.63, 3.8) is 0 Å². The topological polar surface area (TPSA) is 13.1 Å². The summed E-state index contributed by atoms with van der Waals surface area (Å²) < 4.78 is 5.33. The Hall–Kier alpha value is -6.26. The summed E-state index contributed by atoms with van der Waals surface area (Å²) in [5, 5.41) is 5.20. The minimum Gasteiger partial charge on any atom is -0.375 e. The van der Waals surface area contributed by atoms with Crippen LogP contribution in [0, 0.1) is 0 Å². The smallest absolute Gasteiger partial charge is 0.333 e. The van der Waals surface area contributed by atoms with E-state index in [9.17, 15) is 0 Å². The first-order valence-corrected chi connectivity index (χ1v) is 23.0. The third kappa shape index (κ3) is 5.15. The molecule has 3 aliphatic rings. The number of hydrogen-bond donors (Lipinski definition) is 0. The zero-order chi connectivity index (χ0) is 43.7. The molecule has 0 bridgehead atoms. The normalized spacial score (nSPS) is 15.5. The van der Waals surface area contributed by atoms with Crippen LogP contribution in [-0.4, -0.2) is 15.9 Å². The lowest BCUT2D eigenvalue weighted by Crippen LogP contribution is -2.51. The fourth-order valence-electron chi connectivity index (χ4n) is 11.7. The molecule has 12 rings (SSSR count). The molecule has 0 radical (unpaired) electrons. The molecule has 7 aromatic carbocycles. The molecule has 0 atom stereocenters. The van der Waals surface area contributed by atoms with Crippen LogP contribution in [0.3, 0.4) is 0 Å². The highest BCUT2D eigenvalue weighted by atomic mass is 15.2. The third-order valence-corrected chi connectivity index (χ3v) is 14.9. The molecule has 0 fully saturated rings. The van der Waals surface area contributed by atoms with Crippen molar-refractivity contribution in [2.75, 3.05) is 4.90 Å². The van der Waals surface area contributed by atoms with Crippen molar-refractivity contribution in [1.29, 1.82) is 0 Å². The fraction of sp³-hybridized carbons (Fsp3) is 0.254. The molecule has 4 heterocycles. The van der Waals surface area contributed by atoms with Crippen molar-refractivity contribution in [3.8, 4) is 16.8 Å². The predicted octanol–water partition coefficient (Wildman–Crippen LogP) is 14.9. The first kappa shape index (κ1) is 38.4. The third-order valence-electron chi connectivity index (χ3n) is 14.9. The van der Waals surface area contributed by atoms with Crippen LogP contribution >= 0.6 is 0 Å². The van der Waals surface area contributed by atoms with Crippen molar-refractivity contribution in [1.82, 2.24) is 9.05 Å². The van der Waals surface area contributed by atoms with Gasteiger partial charge in [0, 0.05) is 66.3 Å². The first-order valence-electron chi connectivity index (χ1n) is 23.0. The molecule has 310 valence electrons. The zero-order valence-electron chi connectivity index (χ0n) is 38.7. The average molecular weight is 818 g/mol. The van der Waals surface area contributed by atoms with Crippen LogP contribution in [0.25, 0.3) is 65.9 Å². The highest BCUT2D eigenvalue weighted by Crippen LogP contribution is 2.58. The zero-order valence-corrected chi connectivity index (χ0v) is 38.7. The van der Waals surface area contributed by atoms with Crippen LogP contribution in [0.5, 0.6) is 0 Å². The van der Waals surface area contributed by atoms with Crippen molar-refractivity contribution < 1.29 is 0 Å². The molecule has 63 heavy (non-hydrogen) atoms. The van der Waals surface area contributed by atoms with E-state index in [0.29, 0.717) is 0 Å². The quantitative estimate of drug-likeness (QED) is 0.158. The lowest BCUT2D eigenvalue weighted by Gasteiger charge is -2.44. The van der Waals surface area contributed by atoms with Crippen LogP contribution in [-0.2, 0) is 21.7 Å². The summed E-state index contributed by atoms with van der Waals surface area (Å²) in [6, 6.07) is 53.9. The number of hydrogen-bond acceptors (Lipinski definition) is 1. The summed E-state index contributed by atoms with van der Waals surface area (Å²) in [7, 11) is 0. The van der Waals surface area contributed by atoms with E-state index in [-0.39, 0.29) is 28.5 Å². The second-order valence-electron chi connectivity index (χ2n) is 22.3. The number of fused-ring (bicyclic) bond motifs is 12. The summed E-state index contributed by atoms with van der Waals surface area (Å²) in [6.07, 6.45) is 0. The molecular formula is C59H56BN3. The number of aromatic nitrogens is 2. The van der Waals surface area contributed by atoms with E-state index in [1.165, 1.54) is 116 Å². The Labute approximate surface area is 372 Å². The summed E-state index contributed by atoms with van der Waals surface area (Å²) >= 11 is 0. The molecule has 9 aromatic rings. The number of benzene rings is 7. The predicted molar refractivity (Wildman–Crippen MR) is 271 cm³/mol. The Balaban J connectivity index is 1.33. The molecule has 0 N–H and O–H groups in total. The molecule has 0 saturated heterocycles. The lowest BCUT2D eigenvalue weighted by molar-refractivity contribution is 0.586. The van der Waals surface area contributed by atoms with Crippen LogP contribution in [0.4, 0.5) is 11.4 Å². The number of nitrogens with zero attached hydrogens (tertiary/aromatic N) is 3. The van der Waals surface area contributed by atoms with Gasteiger partial charge in [0.1, 0.15) is 0 Å². The van der Waals surface area contributed by atoms with Gasteiger partial charge < -0.3 is 13.9 Å². The van der Waals surface area contributed by atoms with Crippen LogP contribution in [0.1, 0.15) is 104 Å². The Kier molecular flexibility index (Phi) is 7.61. The molecule has 0 spiro atoms. The summed E-state index contributed by atoms with van der Waals surface area (Å²) in [6.45, 7) is 26.1. The van der Waals surface area contributed by atoms with Gasteiger partial charge in [-0.2, -0.15) is 0 Å². The summed E-state index contributed by atoms with van der Waals surface area (Å²) in [4.78, 5) is 2.70. The van der Waals surface area contributed by atoms with Gasteiger partial charge in [0.15, 0.2) is 0 Å². The van der Waals surface area contributed by atoms with E-state index in [4.69, 9.17) is 0 Å². The highest BCUT2D eigenvalue weighted by Gasteiger charge is 2.53. The number of rotatable bonds is 2. The number of para-hydroxylation sites is 3. The second kappa shape index (κ2) is 12.5. The van der Waals surface area contributed by atoms with Gasteiger partial charge in [-0.05, 0) is 109 Å². The minimum absolute atomic E-state index is 0.00661. The van der Waals surface area contributed by atoms with E-state index in [1.807, 2.05) is 0 Å². The fourth-order valence-corrected chi connectivity index (χ4v) is 11.7. The molecule has 1 aliphatic carbocycles. The van der Waals surface area contributed by atoms with Gasteiger partial charge in [0.05, 0.1) is 11.0 Å². The monoisotopic (exact) mass is 817 g/mol. The van der Waals surface area contributed by atoms with Crippen molar-refractivity contribution in [2.24, 2.45) is 0 Å². The number of anilines is 2. The van der Waals surface area contributed by atoms with Crippen molar-refractivity contribution in [3.05, 3.63) is 173 Å².